The van der Waals surface area contributed by atoms with Crippen molar-refractivity contribution >= 4 is 11.5 Å². The number of rotatable bonds is 8. The molecule has 0 bridgehead atoms. The van der Waals surface area contributed by atoms with Gasteiger partial charge in [-0.2, -0.15) is 0 Å². The lowest BCUT2D eigenvalue weighted by Gasteiger charge is -2.30. The van der Waals surface area contributed by atoms with Gasteiger partial charge in [-0.05, 0) is 60.2 Å². The summed E-state index contributed by atoms with van der Waals surface area (Å²) in [4.78, 5) is 11.6. The Balaban J connectivity index is 1.40. The Morgan fingerprint density at radius 2 is 1.94 bits per heavy atom. The lowest BCUT2D eigenvalue weighted by Crippen LogP contribution is -2.31. The van der Waals surface area contributed by atoms with Crippen LogP contribution in [0.3, 0.4) is 0 Å². The molecule has 5 heteroatoms. The smallest absolute Gasteiger partial charge is 0.308 e. The van der Waals surface area contributed by atoms with Crippen molar-refractivity contribution in [3.05, 3.63) is 71.3 Å². The zero-order valence-corrected chi connectivity index (χ0v) is 19.9. The van der Waals surface area contributed by atoms with Crippen LogP contribution in [-0.2, 0) is 20.9 Å². The zero-order chi connectivity index (χ0) is 24.0. The molecule has 34 heavy (non-hydrogen) atoms. The first-order valence-corrected chi connectivity index (χ1v) is 12.0. The molecule has 2 aromatic carbocycles. The van der Waals surface area contributed by atoms with Crippen molar-refractivity contribution < 1.29 is 24.1 Å². The molecule has 1 saturated heterocycles. The van der Waals surface area contributed by atoms with E-state index < -0.39 is 17.7 Å². The summed E-state index contributed by atoms with van der Waals surface area (Å²) in [5.41, 5.74) is 4.53. The highest BCUT2D eigenvalue weighted by molar-refractivity contribution is 5.72. The molecule has 5 nitrogen and oxygen atoms in total. The largest absolute Gasteiger partial charge is 0.489 e. The van der Waals surface area contributed by atoms with E-state index in [1.165, 1.54) is 11.1 Å². The maximum atomic E-state index is 11.6. The Morgan fingerprint density at radius 3 is 2.56 bits per heavy atom. The average Bonchev–Trinajstić information content (AvgIpc) is 3.31. The van der Waals surface area contributed by atoms with Gasteiger partial charge in [-0.25, -0.2) is 0 Å². The minimum atomic E-state index is -0.818. The lowest BCUT2D eigenvalue weighted by atomic mass is 9.84. The lowest BCUT2D eigenvalue weighted by molar-refractivity contribution is -0.159. The standard InChI is InChI=1S/C29H32O5/c1-3-6-27(26(4-2)28(30)31)23-9-11-25(12-10-23)32-20-21-7-5-8-24(19-21)22-13-15-29(16-14-22)33-17-18-34-29/h5,7-13,19,26-27H,4,14-18,20H2,1-2H3,(H,30,31)/t26?,27-/m0/s1. The monoisotopic (exact) mass is 460 g/mol. The highest BCUT2D eigenvalue weighted by Gasteiger charge is 2.37. The molecule has 1 spiro atoms. The van der Waals surface area contributed by atoms with Crippen molar-refractivity contribution in [1.82, 2.24) is 0 Å². The minimum absolute atomic E-state index is 0.332. The van der Waals surface area contributed by atoms with E-state index in [1.54, 1.807) is 6.92 Å². The van der Waals surface area contributed by atoms with Gasteiger partial charge in [-0.1, -0.05) is 49.3 Å². The van der Waals surface area contributed by atoms with Crippen LogP contribution in [0.5, 0.6) is 5.75 Å². The topological polar surface area (TPSA) is 65.0 Å². The van der Waals surface area contributed by atoms with Crippen LogP contribution in [-0.4, -0.2) is 30.1 Å². The third-order valence-electron chi connectivity index (χ3n) is 6.65. The maximum Gasteiger partial charge on any atom is 0.308 e. The second-order valence-corrected chi connectivity index (χ2v) is 8.82. The van der Waals surface area contributed by atoms with Gasteiger partial charge < -0.3 is 19.3 Å². The van der Waals surface area contributed by atoms with Gasteiger partial charge in [0.25, 0.3) is 0 Å². The second-order valence-electron chi connectivity index (χ2n) is 8.82. The summed E-state index contributed by atoms with van der Waals surface area (Å²) in [5, 5.41) is 9.56. The molecule has 0 radical (unpaired) electrons. The van der Waals surface area contributed by atoms with Gasteiger partial charge in [-0.15, -0.1) is 5.92 Å². The molecule has 0 saturated carbocycles. The van der Waals surface area contributed by atoms with Gasteiger partial charge in [-0.3, -0.25) is 4.79 Å². The zero-order valence-electron chi connectivity index (χ0n) is 19.9. The van der Waals surface area contributed by atoms with Crippen LogP contribution in [0.25, 0.3) is 5.57 Å². The molecule has 2 atom stereocenters. The highest BCUT2D eigenvalue weighted by Crippen LogP contribution is 2.38. The summed E-state index contributed by atoms with van der Waals surface area (Å²) in [6, 6.07) is 16.1. The molecule has 1 unspecified atom stereocenters. The molecule has 1 aliphatic heterocycles. The van der Waals surface area contributed by atoms with Crippen molar-refractivity contribution in [2.75, 3.05) is 13.2 Å². The van der Waals surface area contributed by atoms with Crippen LogP contribution in [0, 0.1) is 17.8 Å². The fraction of sp³-hybridized carbons (Fsp3) is 0.414. The van der Waals surface area contributed by atoms with E-state index in [1.807, 2.05) is 31.2 Å². The van der Waals surface area contributed by atoms with Gasteiger partial charge in [0.05, 0.1) is 25.0 Å². The van der Waals surface area contributed by atoms with Crippen LogP contribution >= 0.6 is 0 Å². The van der Waals surface area contributed by atoms with Crippen molar-refractivity contribution in [1.29, 1.82) is 0 Å². The molecule has 1 fully saturated rings. The number of carboxylic acids is 1. The number of carboxylic acid groups (broad SMARTS) is 1. The van der Waals surface area contributed by atoms with Crippen molar-refractivity contribution in [2.45, 2.75) is 57.8 Å². The summed E-state index contributed by atoms with van der Waals surface area (Å²) in [7, 11) is 0. The number of hydrogen-bond donors (Lipinski definition) is 1. The molecule has 0 aromatic heterocycles. The molecule has 2 aliphatic rings. The maximum absolute atomic E-state index is 11.6. The predicted octanol–water partition coefficient (Wildman–Crippen LogP) is 5.79. The van der Waals surface area contributed by atoms with Crippen LogP contribution in [0.4, 0.5) is 0 Å². The summed E-state index contributed by atoms with van der Waals surface area (Å²) in [6.45, 7) is 5.45. The highest BCUT2D eigenvalue weighted by atomic mass is 16.7. The fourth-order valence-corrected chi connectivity index (χ4v) is 4.75. The summed E-state index contributed by atoms with van der Waals surface area (Å²) < 4.78 is 17.7. The van der Waals surface area contributed by atoms with Gasteiger partial charge in [0, 0.05) is 12.8 Å². The van der Waals surface area contributed by atoms with Crippen LogP contribution in [0.2, 0.25) is 0 Å². The van der Waals surface area contributed by atoms with Crippen LogP contribution in [0.15, 0.2) is 54.6 Å². The number of carbonyl (C=O) groups is 1. The first-order valence-electron chi connectivity index (χ1n) is 12.0. The van der Waals surface area contributed by atoms with E-state index >= 15 is 0 Å². The fourth-order valence-electron chi connectivity index (χ4n) is 4.75. The second kappa shape index (κ2) is 10.9. The normalized spacial score (nSPS) is 18.5. The molecule has 0 amide bonds. The van der Waals surface area contributed by atoms with Crippen LogP contribution in [0.1, 0.15) is 62.1 Å². The number of ether oxygens (including phenoxy) is 3. The number of aliphatic carboxylic acids is 1. The molecule has 1 heterocycles. The third kappa shape index (κ3) is 5.52. The van der Waals surface area contributed by atoms with Crippen molar-refractivity contribution in [2.24, 2.45) is 5.92 Å². The first kappa shape index (κ1) is 24.1. The van der Waals surface area contributed by atoms with E-state index in [4.69, 9.17) is 14.2 Å². The van der Waals surface area contributed by atoms with Gasteiger partial charge in [0.1, 0.15) is 12.4 Å². The van der Waals surface area contributed by atoms with Crippen molar-refractivity contribution in [3.8, 4) is 17.6 Å². The van der Waals surface area contributed by atoms with E-state index in [2.05, 4.69) is 42.2 Å². The van der Waals surface area contributed by atoms with E-state index in [0.29, 0.717) is 26.2 Å². The van der Waals surface area contributed by atoms with E-state index in [9.17, 15) is 9.90 Å². The Labute approximate surface area is 201 Å². The minimum Gasteiger partial charge on any atom is -0.489 e. The Kier molecular flexibility index (Phi) is 7.72. The molecule has 4 rings (SSSR count). The molecular weight excluding hydrogens is 428 g/mol. The molecular formula is C29H32O5. The van der Waals surface area contributed by atoms with Crippen molar-refractivity contribution in [3.63, 3.8) is 0 Å². The van der Waals surface area contributed by atoms with Gasteiger partial charge in [0.2, 0.25) is 0 Å². The van der Waals surface area contributed by atoms with Gasteiger partial charge >= 0.3 is 5.97 Å². The first-order chi connectivity index (χ1) is 16.5. The van der Waals surface area contributed by atoms with E-state index in [0.717, 1.165) is 36.1 Å². The predicted molar refractivity (Wildman–Crippen MR) is 131 cm³/mol. The van der Waals surface area contributed by atoms with Gasteiger partial charge in [0.15, 0.2) is 5.79 Å². The molecule has 1 aliphatic carbocycles. The summed E-state index contributed by atoms with van der Waals surface area (Å²) in [5.74, 6) is 4.61. The SMILES string of the molecule is CC#C[C@@H](c1ccc(OCc2cccc(C3=CCC4(CC3)OCCO4)c2)cc1)C(CC)C(=O)O. The average molecular weight is 461 g/mol. The number of allylic oxidation sites excluding steroid dienone is 1. The number of hydrogen-bond acceptors (Lipinski definition) is 4. The molecule has 1 N–H and O–H groups in total. The number of benzene rings is 2. The molecule has 178 valence electrons. The Morgan fingerprint density at radius 1 is 1.18 bits per heavy atom. The molecule has 2 aromatic rings. The third-order valence-corrected chi connectivity index (χ3v) is 6.65. The van der Waals surface area contributed by atoms with E-state index in [-0.39, 0.29) is 5.92 Å². The Bertz CT molecular complexity index is 1080. The van der Waals surface area contributed by atoms with Crippen LogP contribution < -0.4 is 4.74 Å². The Hall–Kier alpha value is -3.07. The quantitative estimate of drug-likeness (QED) is 0.505. The summed E-state index contributed by atoms with van der Waals surface area (Å²) in [6.07, 6.45) is 5.38. The summed E-state index contributed by atoms with van der Waals surface area (Å²) >= 11 is 0.